The molecule has 11 nitrogen and oxygen atoms in total. The van der Waals surface area contributed by atoms with E-state index in [9.17, 15) is 9.59 Å². The summed E-state index contributed by atoms with van der Waals surface area (Å²) in [6, 6.07) is 33.4. The minimum Gasteiger partial charge on any atom is -0.537 e. The van der Waals surface area contributed by atoms with Crippen LogP contribution in [0.5, 0.6) is 5.75 Å². The number of amides is 2. The smallest absolute Gasteiger partial charge is 0.416 e. The van der Waals surface area contributed by atoms with Gasteiger partial charge in [-0.05, 0) is 58.6 Å². The van der Waals surface area contributed by atoms with Crippen molar-refractivity contribution in [2.45, 2.75) is 49.1 Å². The zero-order valence-corrected chi connectivity index (χ0v) is 33.7. The maximum Gasteiger partial charge on any atom is 0.416 e. The molecule has 13 heteroatoms. The normalized spacial score (nSPS) is 23.0. The number of rotatable bonds is 9. The van der Waals surface area contributed by atoms with E-state index in [0.29, 0.717) is 34.8 Å². The number of benzene rings is 4. The van der Waals surface area contributed by atoms with E-state index in [1.165, 1.54) is 30.7 Å². The van der Waals surface area contributed by atoms with Gasteiger partial charge in [0.1, 0.15) is 12.4 Å². The number of fused-ring (bicyclic) bond motifs is 3. The fourth-order valence-electron chi connectivity index (χ4n) is 9.68. The third-order valence-electron chi connectivity index (χ3n) is 12.0. The molecule has 56 heavy (non-hydrogen) atoms. The molecular weight excluding hydrogens is 749 g/mol. The number of cyclic esters (lactones) is 1. The zero-order valence-electron chi connectivity index (χ0n) is 31.9. The minimum absolute atomic E-state index is 0.0182. The highest BCUT2D eigenvalue weighted by molar-refractivity contribution is 7.93. The number of imide groups is 1. The molecule has 4 aromatic carbocycles. The molecule has 1 saturated heterocycles. The van der Waals surface area contributed by atoms with Crippen LogP contribution in [-0.2, 0) is 33.5 Å². The van der Waals surface area contributed by atoms with E-state index in [1.807, 2.05) is 48.5 Å². The Labute approximate surface area is 328 Å². The first-order valence-electron chi connectivity index (χ1n) is 18.7. The highest BCUT2D eigenvalue weighted by Gasteiger charge is 2.72. The van der Waals surface area contributed by atoms with E-state index in [4.69, 9.17) is 18.6 Å². The van der Waals surface area contributed by atoms with Crippen LogP contribution >= 0.6 is 0 Å². The molecule has 2 bridgehead atoms. The van der Waals surface area contributed by atoms with Crippen LogP contribution in [0.25, 0.3) is 5.57 Å². The molecule has 2 aliphatic heterocycles. The number of esters is 1. The summed E-state index contributed by atoms with van der Waals surface area (Å²) in [6.07, 6.45) is -0.378. The van der Waals surface area contributed by atoms with Gasteiger partial charge in [-0.15, -0.1) is 0 Å². The summed E-state index contributed by atoms with van der Waals surface area (Å²) in [4.78, 5) is 43.7. The first kappa shape index (κ1) is 37.5. The van der Waals surface area contributed by atoms with Crippen molar-refractivity contribution in [2.75, 3.05) is 31.7 Å². The van der Waals surface area contributed by atoms with E-state index in [1.54, 1.807) is 24.3 Å². The number of allylic oxidation sites excluding steroid dienone is 1. The summed E-state index contributed by atoms with van der Waals surface area (Å²) in [7, 11) is -5.16. The van der Waals surface area contributed by atoms with Crippen molar-refractivity contribution >= 4 is 57.9 Å². The Kier molecular flexibility index (Phi) is 9.15. The molecule has 290 valence electrons. The maximum atomic E-state index is 15.4. The van der Waals surface area contributed by atoms with Crippen LogP contribution < -0.4 is 19.4 Å². The topological polar surface area (TPSA) is 129 Å². The number of sulfonamides is 1. The third-order valence-corrected chi connectivity index (χ3v) is 18.8. The Hall–Kier alpha value is -5.40. The van der Waals surface area contributed by atoms with E-state index in [-0.39, 0.29) is 24.5 Å². The molecule has 3 aliphatic carbocycles. The van der Waals surface area contributed by atoms with Crippen LogP contribution in [0, 0.1) is 17.8 Å². The second-order valence-electron chi connectivity index (χ2n) is 15.7. The largest absolute Gasteiger partial charge is 0.537 e. The monoisotopic (exact) mass is 792 g/mol. The lowest BCUT2D eigenvalue weighted by Crippen LogP contribution is -2.70. The van der Waals surface area contributed by atoms with Crippen molar-refractivity contribution in [1.82, 2.24) is 4.90 Å². The SMILES string of the molecule is COC(=O)[C@@H]1[C@H]2CC[C@]3(C(=C2O[Si](c2ccccc2)(c2ccccc2)C(C)(C)C)c2ccccc2N3S(=O)(=O)c2ccc(OC)cc2)[C@H]1C(=O)N1CCOC1=O. The molecule has 0 N–H and O–H groups in total. The van der Waals surface area contributed by atoms with Crippen molar-refractivity contribution in [3.8, 4) is 5.75 Å². The van der Waals surface area contributed by atoms with Crippen LogP contribution in [0.1, 0.15) is 39.2 Å². The zero-order chi connectivity index (χ0) is 39.6. The number of para-hydroxylation sites is 1. The first-order valence-corrected chi connectivity index (χ1v) is 22.1. The van der Waals surface area contributed by atoms with E-state index >= 15 is 13.2 Å². The number of carbonyl (C=O) groups excluding carboxylic acids is 3. The minimum atomic E-state index is -4.49. The van der Waals surface area contributed by atoms with Gasteiger partial charge in [0.25, 0.3) is 10.0 Å². The molecular formula is C43H44N2O9SSi. The molecule has 2 amide bonds. The van der Waals surface area contributed by atoms with Gasteiger partial charge in [-0.2, -0.15) is 0 Å². The molecule has 2 heterocycles. The Bertz CT molecular complexity index is 2310. The number of nitrogens with zero attached hydrogens (tertiary/aromatic N) is 2. The Balaban J connectivity index is 1.48. The van der Waals surface area contributed by atoms with Gasteiger partial charge in [-0.25, -0.2) is 18.1 Å². The van der Waals surface area contributed by atoms with Gasteiger partial charge < -0.3 is 18.6 Å². The fourth-order valence-corrected chi connectivity index (χ4v) is 16.0. The quantitative estimate of drug-likeness (QED) is 0.154. The van der Waals surface area contributed by atoms with Crippen LogP contribution in [0.15, 0.2) is 120 Å². The summed E-state index contributed by atoms with van der Waals surface area (Å²) in [6.45, 7) is 6.38. The first-order chi connectivity index (χ1) is 26.8. The van der Waals surface area contributed by atoms with Gasteiger partial charge in [0, 0.05) is 17.1 Å². The molecule has 2 fully saturated rings. The molecule has 4 atom stereocenters. The van der Waals surface area contributed by atoms with Gasteiger partial charge in [0.15, 0.2) is 0 Å². The van der Waals surface area contributed by atoms with Gasteiger partial charge in [-0.3, -0.25) is 13.9 Å². The van der Waals surface area contributed by atoms with E-state index in [0.717, 1.165) is 15.3 Å². The van der Waals surface area contributed by atoms with Crippen molar-refractivity contribution < 1.29 is 41.4 Å². The number of hydrogen-bond donors (Lipinski definition) is 0. The summed E-state index contributed by atoms with van der Waals surface area (Å²) >= 11 is 0. The average Bonchev–Trinajstić information content (AvgIpc) is 3.78. The van der Waals surface area contributed by atoms with Crippen LogP contribution in [-0.4, -0.2) is 72.5 Å². The Morgan fingerprint density at radius 3 is 2.02 bits per heavy atom. The van der Waals surface area contributed by atoms with Crippen molar-refractivity contribution in [3.05, 3.63) is 121 Å². The third kappa shape index (κ3) is 5.34. The molecule has 0 aromatic heterocycles. The summed E-state index contributed by atoms with van der Waals surface area (Å²) < 4.78 is 56.1. The molecule has 0 radical (unpaired) electrons. The van der Waals surface area contributed by atoms with Crippen molar-refractivity contribution in [3.63, 3.8) is 0 Å². The second kappa shape index (κ2) is 13.7. The molecule has 9 rings (SSSR count). The van der Waals surface area contributed by atoms with Gasteiger partial charge >= 0.3 is 20.4 Å². The van der Waals surface area contributed by atoms with Crippen molar-refractivity contribution in [1.29, 1.82) is 0 Å². The van der Waals surface area contributed by atoms with E-state index < -0.39 is 64.6 Å². The lowest BCUT2D eigenvalue weighted by molar-refractivity contribution is -0.159. The number of carbonyl (C=O) groups is 3. The molecule has 5 aliphatic rings. The average molecular weight is 793 g/mol. The number of hydrogen-bond acceptors (Lipinski definition) is 9. The molecule has 0 unspecified atom stereocenters. The maximum absolute atomic E-state index is 15.4. The van der Waals surface area contributed by atoms with Gasteiger partial charge in [0.05, 0.1) is 54.5 Å². The molecule has 1 spiro atoms. The van der Waals surface area contributed by atoms with Crippen LogP contribution in [0.4, 0.5) is 10.5 Å². The number of methoxy groups -OCH3 is 2. The van der Waals surface area contributed by atoms with Gasteiger partial charge in [0.2, 0.25) is 5.91 Å². The lowest BCUT2D eigenvalue weighted by Gasteiger charge is -2.58. The molecule has 4 aromatic rings. The number of ether oxygens (including phenoxy) is 3. The predicted octanol–water partition coefficient (Wildman–Crippen LogP) is 5.74. The van der Waals surface area contributed by atoms with Gasteiger partial charge in [-0.1, -0.05) is 99.6 Å². The molecule has 1 saturated carbocycles. The number of anilines is 1. The summed E-state index contributed by atoms with van der Waals surface area (Å²) in [5.41, 5.74) is -0.265. The van der Waals surface area contributed by atoms with Crippen LogP contribution in [0.3, 0.4) is 0 Å². The lowest BCUT2D eigenvalue weighted by atomic mass is 9.54. The summed E-state index contributed by atoms with van der Waals surface area (Å²) in [5, 5.41) is 1.46. The highest BCUT2D eigenvalue weighted by atomic mass is 32.2. The Morgan fingerprint density at radius 2 is 1.46 bits per heavy atom. The predicted molar refractivity (Wildman–Crippen MR) is 212 cm³/mol. The van der Waals surface area contributed by atoms with Crippen LogP contribution in [0.2, 0.25) is 5.04 Å². The summed E-state index contributed by atoms with van der Waals surface area (Å²) in [5.74, 6) is -3.75. The standard InChI is InChI=1S/C43H44N2O9SSi/c1-42(2,3)56(30-14-8-6-9-15-30,31-16-10-7-11-17-31)54-38-33-24-25-43(37(35(33)40(47)52-5)39(46)44-26-27-53-41(44)48)36(38)32-18-12-13-19-34(32)45(43)55(49,50)29-22-20-28(51-4)21-23-29/h6-23,33,35,37H,24-27H2,1-5H3/t33-,35-,37-,43+/m1/s1. The Morgan fingerprint density at radius 1 is 0.857 bits per heavy atom. The van der Waals surface area contributed by atoms with Crippen molar-refractivity contribution in [2.24, 2.45) is 17.8 Å². The highest BCUT2D eigenvalue weighted by Crippen LogP contribution is 2.67. The van der Waals surface area contributed by atoms with E-state index in [2.05, 4.69) is 45.0 Å². The second-order valence-corrected chi connectivity index (χ2v) is 21.7. The fraction of sp³-hybridized carbons (Fsp3) is 0.326.